The lowest BCUT2D eigenvalue weighted by Gasteiger charge is -2.08. The molecule has 0 bridgehead atoms. The molecule has 2 aromatic rings. The summed E-state index contributed by atoms with van der Waals surface area (Å²) in [5, 5.41) is 13.2. The van der Waals surface area contributed by atoms with Crippen molar-refractivity contribution < 1.29 is 9.72 Å². The van der Waals surface area contributed by atoms with Crippen LogP contribution in [0.4, 0.5) is 22.7 Å². The minimum absolute atomic E-state index is 0.128. The third-order valence-corrected chi connectivity index (χ3v) is 2.67. The van der Waals surface area contributed by atoms with E-state index in [1.807, 2.05) is 0 Å². The van der Waals surface area contributed by atoms with E-state index in [4.69, 9.17) is 11.5 Å². The van der Waals surface area contributed by atoms with Gasteiger partial charge in [-0.05, 0) is 30.3 Å². The highest BCUT2D eigenvalue weighted by Crippen LogP contribution is 2.24. The molecule has 0 aliphatic heterocycles. The average Bonchev–Trinajstić information content (AvgIpc) is 2.41. The molecule has 2 aromatic carbocycles. The number of nitro benzene ring substituents is 1. The maximum Gasteiger partial charge on any atom is 0.271 e. The molecular formula is C13H12N4O3. The fourth-order valence-corrected chi connectivity index (χ4v) is 1.61. The van der Waals surface area contributed by atoms with Crippen LogP contribution in [-0.2, 0) is 0 Å². The Kier molecular flexibility index (Phi) is 3.52. The molecule has 5 N–H and O–H groups in total. The summed E-state index contributed by atoms with van der Waals surface area (Å²) in [6.07, 6.45) is 0. The van der Waals surface area contributed by atoms with Gasteiger partial charge >= 0.3 is 0 Å². The number of nitrogen functional groups attached to an aromatic ring is 2. The van der Waals surface area contributed by atoms with Gasteiger partial charge in [0.25, 0.3) is 11.6 Å². The Balaban J connectivity index is 2.19. The topological polar surface area (TPSA) is 124 Å². The summed E-state index contributed by atoms with van der Waals surface area (Å²) in [6.45, 7) is 0. The zero-order chi connectivity index (χ0) is 14.7. The van der Waals surface area contributed by atoms with Gasteiger partial charge in [0.2, 0.25) is 0 Å². The maximum atomic E-state index is 12.0. The number of hydrogen-bond acceptors (Lipinski definition) is 5. The van der Waals surface area contributed by atoms with Crippen LogP contribution in [0, 0.1) is 10.1 Å². The smallest absolute Gasteiger partial charge is 0.271 e. The monoisotopic (exact) mass is 272 g/mol. The summed E-state index contributed by atoms with van der Waals surface area (Å²) in [4.78, 5) is 22.0. The van der Waals surface area contributed by atoms with Crippen molar-refractivity contribution >= 4 is 28.7 Å². The highest BCUT2D eigenvalue weighted by Gasteiger charge is 2.11. The van der Waals surface area contributed by atoms with Crippen LogP contribution >= 0.6 is 0 Å². The summed E-state index contributed by atoms with van der Waals surface area (Å²) in [5.74, 6) is -0.370. The Morgan fingerprint density at radius 1 is 1.10 bits per heavy atom. The fourth-order valence-electron chi connectivity index (χ4n) is 1.61. The first-order chi connectivity index (χ1) is 9.47. The van der Waals surface area contributed by atoms with Crippen molar-refractivity contribution in [3.8, 4) is 0 Å². The summed E-state index contributed by atoms with van der Waals surface area (Å²) in [6, 6.07) is 10.2. The normalized spacial score (nSPS) is 10.0. The van der Waals surface area contributed by atoms with E-state index < -0.39 is 4.92 Å². The van der Waals surface area contributed by atoms with E-state index in [1.54, 1.807) is 24.3 Å². The number of hydrogen-bond donors (Lipinski definition) is 3. The fraction of sp³-hybridized carbons (Fsp3) is 0. The molecule has 0 saturated heterocycles. The molecule has 0 unspecified atom stereocenters. The number of non-ortho nitro benzene ring substituents is 1. The SMILES string of the molecule is Nc1ccc(C(=O)Nc2ccc([N+](=O)[O-])cc2N)cc1. The third kappa shape index (κ3) is 2.83. The highest BCUT2D eigenvalue weighted by molar-refractivity contribution is 6.06. The van der Waals surface area contributed by atoms with Crippen LogP contribution in [0.1, 0.15) is 10.4 Å². The summed E-state index contributed by atoms with van der Waals surface area (Å²) >= 11 is 0. The Morgan fingerprint density at radius 3 is 2.30 bits per heavy atom. The lowest BCUT2D eigenvalue weighted by atomic mass is 10.2. The van der Waals surface area contributed by atoms with E-state index in [1.165, 1.54) is 18.2 Å². The van der Waals surface area contributed by atoms with E-state index in [-0.39, 0.29) is 17.3 Å². The van der Waals surface area contributed by atoms with Crippen LogP contribution in [-0.4, -0.2) is 10.8 Å². The second kappa shape index (κ2) is 5.27. The average molecular weight is 272 g/mol. The van der Waals surface area contributed by atoms with Crippen molar-refractivity contribution in [2.24, 2.45) is 0 Å². The number of amides is 1. The Morgan fingerprint density at radius 2 is 1.75 bits per heavy atom. The van der Waals surface area contributed by atoms with Gasteiger partial charge in [-0.15, -0.1) is 0 Å². The van der Waals surface area contributed by atoms with Crippen molar-refractivity contribution in [3.63, 3.8) is 0 Å². The van der Waals surface area contributed by atoms with E-state index in [9.17, 15) is 14.9 Å². The van der Waals surface area contributed by atoms with Gasteiger partial charge in [-0.3, -0.25) is 14.9 Å². The number of nitrogens with zero attached hydrogens (tertiary/aromatic N) is 1. The molecule has 0 saturated carbocycles. The largest absolute Gasteiger partial charge is 0.399 e. The van der Waals surface area contributed by atoms with E-state index in [0.717, 1.165) is 0 Å². The lowest BCUT2D eigenvalue weighted by molar-refractivity contribution is -0.384. The van der Waals surface area contributed by atoms with Gasteiger partial charge in [-0.1, -0.05) is 0 Å². The number of benzene rings is 2. The number of nitro groups is 1. The Bertz CT molecular complexity index is 668. The number of nitrogens with one attached hydrogen (secondary N) is 1. The van der Waals surface area contributed by atoms with E-state index in [0.29, 0.717) is 16.9 Å². The molecule has 2 rings (SSSR count). The molecule has 0 aliphatic carbocycles. The van der Waals surface area contributed by atoms with Crippen molar-refractivity contribution in [2.75, 3.05) is 16.8 Å². The van der Waals surface area contributed by atoms with Gasteiger partial charge in [0.15, 0.2) is 0 Å². The van der Waals surface area contributed by atoms with Crippen LogP contribution in [0.25, 0.3) is 0 Å². The van der Waals surface area contributed by atoms with Crippen molar-refractivity contribution in [1.29, 1.82) is 0 Å². The van der Waals surface area contributed by atoms with Gasteiger partial charge in [0, 0.05) is 23.4 Å². The number of rotatable bonds is 3. The lowest BCUT2D eigenvalue weighted by Crippen LogP contribution is -2.13. The van der Waals surface area contributed by atoms with Crippen LogP contribution in [0.2, 0.25) is 0 Å². The number of anilines is 3. The summed E-state index contributed by atoms with van der Waals surface area (Å²) < 4.78 is 0. The molecule has 0 atom stereocenters. The van der Waals surface area contributed by atoms with Gasteiger partial charge in [-0.2, -0.15) is 0 Å². The molecule has 0 radical (unpaired) electrons. The quantitative estimate of drug-likeness (QED) is 0.448. The van der Waals surface area contributed by atoms with Crippen molar-refractivity contribution in [1.82, 2.24) is 0 Å². The van der Waals surface area contributed by atoms with Gasteiger partial charge in [0.1, 0.15) is 0 Å². The zero-order valence-electron chi connectivity index (χ0n) is 10.4. The third-order valence-electron chi connectivity index (χ3n) is 2.67. The first-order valence-electron chi connectivity index (χ1n) is 5.68. The molecule has 7 heteroatoms. The minimum atomic E-state index is -0.554. The van der Waals surface area contributed by atoms with Gasteiger partial charge in [-0.25, -0.2) is 0 Å². The number of carbonyl (C=O) groups excluding carboxylic acids is 1. The molecule has 0 aromatic heterocycles. The molecule has 20 heavy (non-hydrogen) atoms. The number of carbonyl (C=O) groups is 1. The van der Waals surface area contributed by atoms with Crippen LogP contribution in [0.5, 0.6) is 0 Å². The summed E-state index contributed by atoms with van der Waals surface area (Å²) in [5.41, 5.74) is 12.5. The van der Waals surface area contributed by atoms with E-state index >= 15 is 0 Å². The first-order valence-corrected chi connectivity index (χ1v) is 5.68. The molecule has 1 amide bonds. The first kappa shape index (κ1) is 13.3. The molecule has 7 nitrogen and oxygen atoms in total. The molecule has 0 heterocycles. The molecule has 102 valence electrons. The standard InChI is InChI=1S/C13H12N4O3/c14-9-3-1-8(2-4-9)13(18)16-12-6-5-10(17(19)20)7-11(12)15/h1-7H,14-15H2,(H,16,18). The zero-order valence-corrected chi connectivity index (χ0v) is 10.4. The minimum Gasteiger partial charge on any atom is -0.399 e. The predicted octanol–water partition coefficient (Wildman–Crippen LogP) is 2.01. The Hall–Kier alpha value is -3.09. The summed E-state index contributed by atoms with van der Waals surface area (Å²) in [7, 11) is 0. The number of nitrogens with two attached hydrogens (primary N) is 2. The molecule has 0 spiro atoms. The molecule has 0 fully saturated rings. The van der Waals surface area contributed by atoms with Crippen molar-refractivity contribution in [2.45, 2.75) is 0 Å². The predicted molar refractivity (Wildman–Crippen MR) is 76.3 cm³/mol. The van der Waals surface area contributed by atoms with Gasteiger partial charge < -0.3 is 16.8 Å². The second-order valence-electron chi connectivity index (χ2n) is 4.10. The van der Waals surface area contributed by atoms with Crippen molar-refractivity contribution in [3.05, 3.63) is 58.1 Å². The van der Waals surface area contributed by atoms with Crippen LogP contribution in [0.3, 0.4) is 0 Å². The maximum absolute atomic E-state index is 12.0. The van der Waals surface area contributed by atoms with E-state index in [2.05, 4.69) is 5.32 Å². The van der Waals surface area contributed by atoms with Crippen LogP contribution in [0.15, 0.2) is 42.5 Å². The Labute approximate surface area is 114 Å². The van der Waals surface area contributed by atoms with Gasteiger partial charge in [0.05, 0.1) is 16.3 Å². The van der Waals surface area contributed by atoms with Crippen LogP contribution < -0.4 is 16.8 Å². The second-order valence-corrected chi connectivity index (χ2v) is 4.10. The molecule has 0 aliphatic rings. The molecular weight excluding hydrogens is 260 g/mol. The highest BCUT2D eigenvalue weighted by atomic mass is 16.6.